The summed E-state index contributed by atoms with van der Waals surface area (Å²) in [4.78, 5) is 20.3. The van der Waals surface area contributed by atoms with Gasteiger partial charge in [-0.15, -0.1) is 11.3 Å². The van der Waals surface area contributed by atoms with Crippen LogP contribution < -0.4 is 10.1 Å². The van der Waals surface area contributed by atoms with Crippen molar-refractivity contribution in [3.05, 3.63) is 69.3 Å². The van der Waals surface area contributed by atoms with Gasteiger partial charge in [0.05, 0.1) is 17.4 Å². The quantitative estimate of drug-likeness (QED) is 0.335. The first-order valence-corrected chi connectivity index (χ1v) is 9.40. The fourth-order valence-corrected chi connectivity index (χ4v) is 3.90. The van der Waals surface area contributed by atoms with E-state index in [-0.39, 0.29) is 11.4 Å². The molecule has 0 aliphatic carbocycles. The molecule has 0 bridgehead atoms. The summed E-state index contributed by atoms with van der Waals surface area (Å²) in [6.07, 6.45) is 1.46. The van der Waals surface area contributed by atoms with Crippen molar-refractivity contribution in [3.8, 4) is 16.9 Å². The molecule has 0 saturated heterocycles. The molecule has 2 aromatic heterocycles. The van der Waals surface area contributed by atoms with Crippen molar-refractivity contribution in [1.29, 1.82) is 0 Å². The highest BCUT2D eigenvalue weighted by molar-refractivity contribution is 7.17. The normalized spacial score (nSPS) is 10.8. The molecule has 2 heterocycles. The molecule has 0 spiro atoms. The minimum atomic E-state index is -0.483. The molecule has 0 atom stereocenters. The van der Waals surface area contributed by atoms with Crippen LogP contribution in [0.4, 0.5) is 17.2 Å². The van der Waals surface area contributed by atoms with E-state index in [0.717, 1.165) is 21.3 Å². The number of aromatic nitrogens is 2. The Morgan fingerprint density at radius 2 is 1.96 bits per heavy atom. The van der Waals surface area contributed by atoms with E-state index in [4.69, 9.17) is 16.3 Å². The Morgan fingerprint density at radius 3 is 2.68 bits per heavy atom. The standard InChI is InChI=1S/C19H13ClN4O3S/c1-27-16-7-6-13(8-15(16)24(25)26)23-18-17-14(9-28-19(17)22-10-21-18)11-2-4-12(20)5-3-11/h2-10H,1H3,(H,21,22,23). The number of thiophene rings is 1. The Morgan fingerprint density at radius 1 is 1.18 bits per heavy atom. The molecule has 0 fully saturated rings. The van der Waals surface area contributed by atoms with Crippen molar-refractivity contribution in [2.24, 2.45) is 0 Å². The van der Waals surface area contributed by atoms with Gasteiger partial charge in [0.1, 0.15) is 17.0 Å². The van der Waals surface area contributed by atoms with Crippen LogP contribution in [0.1, 0.15) is 0 Å². The molecule has 0 aliphatic rings. The second-order valence-corrected chi connectivity index (χ2v) is 7.12. The molecular weight excluding hydrogens is 400 g/mol. The largest absolute Gasteiger partial charge is 0.490 e. The molecular formula is C19H13ClN4O3S. The number of nitrogens with zero attached hydrogens (tertiary/aromatic N) is 3. The number of methoxy groups -OCH3 is 1. The molecule has 4 rings (SSSR count). The van der Waals surface area contributed by atoms with Crippen LogP contribution in [0.25, 0.3) is 21.3 Å². The molecule has 0 radical (unpaired) electrons. The Hall–Kier alpha value is -3.23. The number of anilines is 2. The molecule has 9 heteroatoms. The van der Waals surface area contributed by atoms with E-state index in [1.165, 1.54) is 30.8 Å². The maximum atomic E-state index is 11.3. The number of nitro benzene ring substituents is 1. The SMILES string of the molecule is COc1ccc(Nc2ncnc3scc(-c4ccc(Cl)cc4)c23)cc1[N+](=O)[O-]. The van der Waals surface area contributed by atoms with Crippen molar-refractivity contribution in [3.63, 3.8) is 0 Å². The number of hydrogen-bond donors (Lipinski definition) is 1. The number of nitrogens with one attached hydrogen (secondary N) is 1. The van der Waals surface area contributed by atoms with Crippen LogP contribution in [0.15, 0.2) is 54.2 Å². The number of nitro groups is 1. The first kappa shape index (κ1) is 18.1. The topological polar surface area (TPSA) is 90.2 Å². The second-order valence-electron chi connectivity index (χ2n) is 5.83. The van der Waals surface area contributed by atoms with Crippen LogP contribution in [0, 0.1) is 10.1 Å². The van der Waals surface area contributed by atoms with Gasteiger partial charge in [-0.2, -0.15) is 0 Å². The number of halogens is 1. The van der Waals surface area contributed by atoms with E-state index < -0.39 is 4.92 Å². The minimum absolute atomic E-state index is 0.124. The predicted molar refractivity (Wildman–Crippen MR) is 111 cm³/mol. The molecule has 2 aromatic carbocycles. The van der Waals surface area contributed by atoms with Crippen molar-refractivity contribution in [2.75, 3.05) is 12.4 Å². The van der Waals surface area contributed by atoms with E-state index in [1.54, 1.807) is 12.1 Å². The lowest BCUT2D eigenvalue weighted by atomic mass is 10.1. The highest BCUT2D eigenvalue weighted by Gasteiger charge is 2.17. The van der Waals surface area contributed by atoms with E-state index in [9.17, 15) is 10.1 Å². The van der Waals surface area contributed by atoms with Gasteiger partial charge in [0.25, 0.3) is 0 Å². The lowest BCUT2D eigenvalue weighted by Crippen LogP contribution is -1.98. The third-order valence-corrected chi connectivity index (χ3v) is 5.30. The summed E-state index contributed by atoms with van der Waals surface area (Å²) >= 11 is 7.49. The van der Waals surface area contributed by atoms with Crippen LogP contribution in [0.3, 0.4) is 0 Å². The Kier molecular flexibility index (Phi) is 4.81. The molecule has 0 amide bonds. The highest BCUT2D eigenvalue weighted by atomic mass is 35.5. The molecule has 0 aliphatic heterocycles. The van der Waals surface area contributed by atoms with Gasteiger partial charge in [-0.25, -0.2) is 9.97 Å². The van der Waals surface area contributed by atoms with Gasteiger partial charge in [0.2, 0.25) is 0 Å². The lowest BCUT2D eigenvalue weighted by Gasteiger charge is -2.09. The average Bonchev–Trinajstić information content (AvgIpc) is 3.14. The maximum Gasteiger partial charge on any atom is 0.312 e. The van der Waals surface area contributed by atoms with Gasteiger partial charge >= 0.3 is 5.69 Å². The molecule has 0 saturated carbocycles. The number of ether oxygens (including phenoxy) is 1. The Balaban J connectivity index is 1.80. The summed E-state index contributed by atoms with van der Waals surface area (Å²) in [5.41, 5.74) is 2.35. The minimum Gasteiger partial charge on any atom is -0.490 e. The van der Waals surface area contributed by atoms with Crippen LogP contribution >= 0.6 is 22.9 Å². The van der Waals surface area contributed by atoms with Crippen molar-refractivity contribution in [1.82, 2.24) is 9.97 Å². The van der Waals surface area contributed by atoms with Crippen LogP contribution in [-0.2, 0) is 0 Å². The monoisotopic (exact) mass is 412 g/mol. The van der Waals surface area contributed by atoms with Gasteiger partial charge in [-0.3, -0.25) is 10.1 Å². The highest BCUT2D eigenvalue weighted by Crippen LogP contribution is 2.38. The van der Waals surface area contributed by atoms with E-state index in [0.29, 0.717) is 16.5 Å². The lowest BCUT2D eigenvalue weighted by molar-refractivity contribution is -0.385. The fourth-order valence-electron chi connectivity index (χ4n) is 2.86. The fraction of sp³-hybridized carbons (Fsp3) is 0.0526. The predicted octanol–water partition coefficient (Wildman–Crippen LogP) is 5.67. The third kappa shape index (κ3) is 3.35. The first-order chi connectivity index (χ1) is 13.6. The van der Waals surface area contributed by atoms with Gasteiger partial charge in [0.15, 0.2) is 5.75 Å². The summed E-state index contributed by atoms with van der Waals surface area (Å²) in [5.74, 6) is 0.761. The zero-order valence-electron chi connectivity index (χ0n) is 14.5. The summed E-state index contributed by atoms with van der Waals surface area (Å²) in [6, 6.07) is 12.2. The number of hydrogen-bond acceptors (Lipinski definition) is 7. The average molecular weight is 413 g/mol. The van der Waals surface area contributed by atoms with Crippen molar-refractivity contribution < 1.29 is 9.66 Å². The van der Waals surface area contributed by atoms with Crippen LogP contribution in [-0.4, -0.2) is 22.0 Å². The van der Waals surface area contributed by atoms with E-state index in [1.807, 2.05) is 29.6 Å². The maximum absolute atomic E-state index is 11.3. The summed E-state index contributed by atoms with van der Waals surface area (Å²) < 4.78 is 5.05. The van der Waals surface area contributed by atoms with Crippen molar-refractivity contribution in [2.45, 2.75) is 0 Å². The second kappa shape index (κ2) is 7.41. The molecule has 0 unspecified atom stereocenters. The summed E-state index contributed by atoms with van der Waals surface area (Å²) in [6.45, 7) is 0. The summed E-state index contributed by atoms with van der Waals surface area (Å²) in [7, 11) is 1.40. The van der Waals surface area contributed by atoms with Gasteiger partial charge in [0, 0.05) is 27.7 Å². The number of rotatable bonds is 5. The third-order valence-electron chi connectivity index (χ3n) is 4.16. The molecule has 140 valence electrons. The zero-order valence-corrected chi connectivity index (χ0v) is 16.1. The van der Waals surface area contributed by atoms with E-state index >= 15 is 0 Å². The smallest absolute Gasteiger partial charge is 0.312 e. The van der Waals surface area contributed by atoms with Crippen LogP contribution in [0.2, 0.25) is 5.02 Å². The number of benzene rings is 2. The van der Waals surface area contributed by atoms with Crippen molar-refractivity contribution >= 4 is 50.3 Å². The summed E-state index contributed by atoms with van der Waals surface area (Å²) in [5, 5.41) is 18.0. The van der Waals surface area contributed by atoms with Crippen LogP contribution in [0.5, 0.6) is 5.75 Å². The Labute approximate surface area is 168 Å². The molecule has 28 heavy (non-hydrogen) atoms. The Bertz CT molecular complexity index is 1180. The molecule has 4 aromatic rings. The zero-order chi connectivity index (χ0) is 19.7. The van der Waals surface area contributed by atoms with Gasteiger partial charge in [-0.1, -0.05) is 23.7 Å². The van der Waals surface area contributed by atoms with E-state index in [2.05, 4.69) is 15.3 Å². The molecule has 1 N–H and O–H groups in total. The van der Waals surface area contributed by atoms with Gasteiger partial charge in [-0.05, 0) is 29.8 Å². The number of fused-ring (bicyclic) bond motifs is 1. The molecule has 7 nitrogen and oxygen atoms in total. The first-order valence-electron chi connectivity index (χ1n) is 8.14. The van der Waals surface area contributed by atoms with Gasteiger partial charge < -0.3 is 10.1 Å².